The molecule has 122 valence electrons. The lowest BCUT2D eigenvalue weighted by molar-refractivity contribution is -0.124. The molecule has 0 aliphatic rings. The molecule has 0 saturated carbocycles. The molecule has 1 heterocycles. The van der Waals surface area contributed by atoms with Gasteiger partial charge in [0, 0.05) is 11.4 Å². The lowest BCUT2D eigenvalue weighted by Gasteiger charge is -2.06. The van der Waals surface area contributed by atoms with E-state index in [9.17, 15) is 9.59 Å². The number of esters is 1. The molecular weight excluding hydrogens is 310 g/mol. The second-order valence-electron chi connectivity index (χ2n) is 5.23. The Morgan fingerprint density at radius 1 is 1.22 bits per heavy atom. The van der Waals surface area contributed by atoms with E-state index in [1.807, 2.05) is 50.2 Å². The molecule has 5 heteroatoms. The molecule has 0 aliphatic heterocycles. The van der Waals surface area contributed by atoms with Crippen LogP contribution < -0.4 is 5.32 Å². The van der Waals surface area contributed by atoms with Gasteiger partial charge in [0.25, 0.3) is 5.91 Å². The van der Waals surface area contributed by atoms with Crippen LogP contribution in [0.15, 0.2) is 36.4 Å². The van der Waals surface area contributed by atoms with Crippen molar-refractivity contribution in [1.29, 1.82) is 0 Å². The summed E-state index contributed by atoms with van der Waals surface area (Å²) in [5, 5.41) is 2.75. The number of nitrogens with one attached hydrogen (secondary N) is 1. The van der Waals surface area contributed by atoms with Gasteiger partial charge in [-0.25, -0.2) is 4.79 Å². The lowest BCUT2D eigenvalue weighted by atomic mass is 10.1. The number of ether oxygens (including phenoxy) is 1. The zero-order valence-corrected chi connectivity index (χ0v) is 14.2. The fraction of sp³-hybridized carbons (Fsp3) is 0.333. The van der Waals surface area contributed by atoms with Gasteiger partial charge in [-0.05, 0) is 37.0 Å². The summed E-state index contributed by atoms with van der Waals surface area (Å²) in [5.41, 5.74) is 2.25. The SMILES string of the molecule is CCc1sc(C(=O)OCC(=O)NCCc2ccccc2)cc1C. The molecular formula is C18H21NO3S. The van der Waals surface area contributed by atoms with Crippen molar-refractivity contribution in [2.75, 3.05) is 13.2 Å². The van der Waals surface area contributed by atoms with Crippen molar-refractivity contribution < 1.29 is 14.3 Å². The Morgan fingerprint density at radius 2 is 1.96 bits per heavy atom. The summed E-state index contributed by atoms with van der Waals surface area (Å²) < 4.78 is 5.06. The summed E-state index contributed by atoms with van der Waals surface area (Å²) in [5.74, 6) is -0.714. The van der Waals surface area contributed by atoms with Gasteiger partial charge in [0.1, 0.15) is 4.88 Å². The molecule has 2 rings (SSSR count). The van der Waals surface area contributed by atoms with Gasteiger partial charge >= 0.3 is 5.97 Å². The molecule has 0 fully saturated rings. The van der Waals surface area contributed by atoms with Crippen LogP contribution in [0.3, 0.4) is 0 Å². The number of thiophene rings is 1. The Bertz CT molecular complexity index is 664. The highest BCUT2D eigenvalue weighted by molar-refractivity contribution is 7.14. The van der Waals surface area contributed by atoms with E-state index in [1.54, 1.807) is 0 Å². The maximum Gasteiger partial charge on any atom is 0.348 e. The highest BCUT2D eigenvalue weighted by Gasteiger charge is 2.14. The van der Waals surface area contributed by atoms with E-state index in [0.717, 1.165) is 24.0 Å². The Hall–Kier alpha value is -2.14. The number of rotatable bonds is 7. The molecule has 1 aromatic heterocycles. The first-order valence-electron chi connectivity index (χ1n) is 7.67. The maximum absolute atomic E-state index is 11.9. The van der Waals surface area contributed by atoms with Gasteiger partial charge in [0.2, 0.25) is 0 Å². The Labute approximate surface area is 140 Å². The minimum atomic E-state index is -0.434. The standard InChI is InChI=1S/C18H21NO3S/c1-3-15-13(2)11-16(23-15)18(21)22-12-17(20)19-10-9-14-7-5-4-6-8-14/h4-8,11H,3,9-10,12H2,1-2H3,(H,19,20). The van der Waals surface area contributed by atoms with E-state index < -0.39 is 5.97 Å². The number of amides is 1. The first kappa shape index (κ1) is 17.2. The summed E-state index contributed by atoms with van der Waals surface area (Å²) in [7, 11) is 0. The quantitative estimate of drug-likeness (QED) is 0.793. The predicted octanol–water partition coefficient (Wildman–Crippen LogP) is 3.13. The van der Waals surface area contributed by atoms with E-state index in [-0.39, 0.29) is 12.5 Å². The summed E-state index contributed by atoms with van der Waals surface area (Å²) in [4.78, 5) is 25.4. The largest absolute Gasteiger partial charge is 0.451 e. The average molecular weight is 331 g/mol. The van der Waals surface area contributed by atoms with Crippen LogP contribution in [0.5, 0.6) is 0 Å². The van der Waals surface area contributed by atoms with Crippen molar-refractivity contribution in [2.45, 2.75) is 26.7 Å². The molecule has 0 unspecified atom stereocenters. The van der Waals surface area contributed by atoms with Gasteiger partial charge in [-0.1, -0.05) is 37.3 Å². The summed E-state index contributed by atoms with van der Waals surface area (Å²) in [6, 6.07) is 11.7. The van der Waals surface area contributed by atoms with Crippen LogP contribution in [0, 0.1) is 6.92 Å². The monoisotopic (exact) mass is 331 g/mol. The topological polar surface area (TPSA) is 55.4 Å². The van der Waals surface area contributed by atoms with Crippen molar-refractivity contribution in [3.05, 3.63) is 57.3 Å². The normalized spacial score (nSPS) is 10.3. The van der Waals surface area contributed by atoms with Crippen LogP contribution in [0.25, 0.3) is 0 Å². The number of aryl methyl sites for hydroxylation is 2. The summed E-state index contributed by atoms with van der Waals surface area (Å²) >= 11 is 1.43. The fourth-order valence-corrected chi connectivity index (χ4v) is 3.22. The Balaban J connectivity index is 1.72. The van der Waals surface area contributed by atoms with E-state index >= 15 is 0 Å². The van der Waals surface area contributed by atoms with Gasteiger partial charge in [0.05, 0.1) is 0 Å². The summed E-state index contributed by atoms with van der Waals surface area (Å²) in [6.45, 7) is 4.31. The van der Waals surface area contributed by atoms with E-state index in [2.05, 4.69) is 5.32 Å². The number of hydrogen-bond acceptors (Lipinski definition) is 4. The molecule has 1 aromatic carbocycles. The minimum Gasteiger partial charge on any atom is -0.451 e. The highest BCUT2D eigenvalue weighted by Crippen LogP contribution is 2.22. The van der Waals surface area contributed by atoms with E-state index in [1.165, 1.54) is 16.2 Å². The molecule has 0 bridgehead atoms. The van der Waals surface area contributed by atoms with Crippen molar-refractivity contribution in [3.63, 3.8) is 0 Å². The molecule has 1 amide bonds. The van der Waals surface area contributed by atoms with Gasteiger partial charge in [-0.2, -0.15) is 0 Å². The molecule has 23 heavy (non-hydrogen) atoms. The van der Waals surface area contributed by atoms with Crippen LogP contribution in [-0.4, -0.2) is 25.0 Å². The Morgan fingerprint density at radius 3 is 2.61 bits per heavy atom. The van der Waals surface area contributed by atoms with Crippen molar-refractivity contribution in [3.8, 4) is 0 Å². The molecule has 0 saturated heterocycles. The smallest absolute Gasteiger partial charge is 0.348 e. The fourth-order valence-electron chi connectivity index (χ4n) is 2.22. The summed E-state index contributed by atoms with van der Waals surface area (Å²) in [6.07, 6.45) is 1.65. The van der Waals surface area contributed by atoms with Crippen LogP contribution in [0.4, 0.5) is 0 Å². The first-order valence-corrected chi connectivity index (χ1v) is 8.49. The molecule has 0 atom stereocenters. The molecule has 0 radical (unpaired) electrons. The average Bonchev–Trinajstić information content (AvgIpc) is 2.94. The molecule has 4 nitrogen and oxygen atoms in total. The van der Waals surface area contributed by atoms with Gasteiger partial charge in [-0.15, -0.1) is 11.3 Å². The highest BCUT2D eigenvalue weighted by atomic mass is 32.1. The van der Waals surface area contributed by atoms with Crippen LogP contribution >= 0.6 is 11.3 Å². The second-order valence-corrected chi connectivity index (χ2v) is 6.37. The molecule has 1 N–H and O–H groups in total. The zero-order valence-electron chi connectivity index (χ0n) is 13.4. The minimum absolute atomic E-state index is 0.244. The third kappa shape index (κ3) is 5.21. The van der Waals surface area contributed by atoms with Crippen LogP contribution in [-0.2, 0) is 22.4 Å². The Kier molecular flexibility index (Phi) is 6.35. The number of hydrogen-bond donors (Lipinski definition) is 1. The van der Waals surface area contributed by atoms with Gasteiger partial charge < -0.3 is 10.1 Å². The molecule has 2 aromatic rings. The second kappa shape index (κ2) is 8.48. The van der Waals surface area contributed by atoms with Crippen molar-refractivity contribution in [1.82, 2.24) is 5.32 Å². The van der Waals surface area contributed by atoms with E-state index in [4.69, 9.17) is 4.74 Å². The number of carbonyl (C=O) groups excluding carboxylic acids is 2. The predicted molar refractivity (Wildman–Crippen MR) is 91.9 cm³/mol. The number of carbonyl (C=O) groups is 2. The van der Waals surface area contributed by atoms with E-state index in [0.29, 0.717) is 11.4 Å². The van der Waals surface area contributed by atoms with Crippen LogP contribution in [0.2, 0.25) is 0 Å². The lowest BCUT2D eigenvalue weighted by Crippen LogP contribution is -2.30. The van der Waals surface area contributed by atoms with Crippen LogP contribution in [0.1, 0.15) is 32.6 Å². The maximum atomic E-state index is 11.9. The molecule has 0 aliphatic carbocycles. The van der Waals surface area contributed by atoms with Crippen molar-refractivity contribution in [2.24, 2.45) is 0 Å². The van der Waals surface area contributed by atoms with Gasteiger partial charge in [-0.3, -0.25) is 4.79 Å². The third-order valence-electron chi connectivity index (χ3n) is 3.46. The van der Waals surface area contributed by atoms with Crippen molar-refractivity contribution >= 4 is 23.2 Å². The third-order valence-corrected chi connectivity index (χ3v) is 4.82. The van der Waals surface area contributed by atoms with Gasteiger partial charge in [0.15, 0.2) is 6.61 Å². The number of benzene rings is 1. The first-order chi connectivity index (χ1) is 11.1. The molecule has 0 spiro atoms. The zero-order chi connectivity index (χ0) is 16.7.